The largest absolute Gasteiger partial charge is 0.303 e. The summed E-state index contributed by atoms with van der Waals surface area (Å²) in [5, 5.41) is 0. The monoisotopic (exact) mass is 349 g/mol. The van der Waals surface area contributed by atoms with Gasteiger partial charge in [0.05, 0.1) is 11.9 Å². The Morgan fingerprint density at radius 1 is 1.23 bits per heavy atom. The average molecular weight is 349 g/mol. The molecule has 3 aromatic rings. The van der Waals surface area contributed by atoms with Gasteiger partial charge in [0.1, 0.15) is 5.65 Å². The number of pyridine rings is 2. The minimum atomic E-state index is 0.454. The molecular weight excluding hydrogens is 322 g/mol. The Kier molecular flexibility index (Phi) is 4.74. The molecule has 136 valence electrons. The van der Waals surface area contributed by atoms with Crippen LogP contribution in [0.15, 0.2) is 49.1 Å². The number of hydrogen-bond donors (Lipinski definition) is 0. The van der Waals surface area contributed by atoms with Crippen LogP contribution >= 0.6 is 0 Å². The van der Waals surface area contributed by atoms with E-state index in [1.54, 1.807) is 0 Å². The highest BCUT2D eigenvalue weighted by Gasteiger charge is 2.33. The van der Waals surface area contributed by atoms with Crippen LogP contribution in [0.5, 0.6) is 0 Å². The van der Waals surface area contributed by atoms with Crippen molar-refractivity contribution < 1.29 is 0 Å². The minimum Gasteiger partial charge on any atom is -0.303 e. The molecule has 0 spiro atoms. The highest BCUT2D eigenvalue weighted by atomic mass is 15.2. The van der Waals surface area contributed by atoms with Gasteiger partial charge in [-0.15, -0.1) is 0 Å². The van der Waals surface area contributed by atoms with Crippen LogP contribution in [0.3, 0.4) is 0 Å². The number of rotatable bonds is 5. The van der Waals surface area contributed by atoms with E-state index < -0.39 is 0 Å². The molecular formula is C21H27N5. The van der Waals surface area contributed by atoms with Crippen molar-refractivity contribution >= 4 is 5.65 Å². The maximum Gasteiger partial charge on any atom is 0.136 e. The Bertz CT molecular complexity index is 872. The Morgan fingerprint density at radius 2 is 2.12 bits per heavy atom. The molecule has 0 aliphatic carbocycles. The van der Waals surface area contributed by atoms with Gasteiger partial charge in [0.25, 0.3) is 0 Å². The van der Waals surface area contributed by atoms with E-state index in [0.717, 1.165) is 25.3 Å². The summed E-state index contributed by atoms with van der Waals surface area (Å²) in [6, 6.07) is 8.91. The van der Waals surface area contributed by atoms with Crippen LogP contribution < -0.4 is 0 Å². The van der Waals surface area contributed by atoms with Crippen LogP contribution in [0, 0.1) is 12.8 Å². The van der Waals surface area contributed by atoms with Gasteiger partial charge in [-0.3, -0.25) is 9.88 Å². The lowest BCUT2D eigenvalue weighted by Gasteiger charge is -2.28. The number of aromatic nitrogens is 3. The van der Waals surface area contributed by atoms with E-state index in [0.29, 0.717) is 12.0 Å². The molecule has 5 heteroatoms. The van der Waals surface area contributed by atoms with Gasteiger partial charge in [-0.1, -0.05) is 12.1 Å². The first-order valence-corrected chi connectivity index (χ1v) is 9.33. The Hall–Kier alpha value is -2.24. The highest BCUT2D eigenvalue weighted by molar-refractivity contribution is 5.41. The van der Waals surface area contributed by atoms with Crippen molar-refractivity contribution in [3.8, 4) is 0 Å². The predicted octanol–water partition coefficient (Wildman–Crippen LogP) is 3.16. The van der Waals surface area contributed by atoms with Gasteiger partial charge in [-0.05, 0) is 63.2 Å². The van der Waals surface area contributed by atoms with Crippen molar-refractivity contribution in [3.63, 3.8) is 0 Å². The van der Waals surface area contributed by atoms with Gasteiger partial charge in [0.15, 0.2) is 0 Å². The third kappa shape index (κ3) is 3.37. The van der Waals surface area contributed by atoms with Gasteiger partial charge < -0.3 is 9.30 Å². The number of nitrogens with zero attached hydrogens (tertiary/aromatic N) is 5. The van der Waals surface area contributed by atoms with Crippen molar-refractivity contribution in [2.24, 2.45) is 5.92 Å². The first kappa shape index (κ1) is 17.2. The molecule has 0 unspecified atom stereocenters. The molecule has 2 atom stereocenters. The third-order valence-electron chi connectivity index (χ3n) is 5.51. The van der Waals surface area contributed by atoms with E-state index in [1.807, 2.05) is 24.7 Å². The van der Waals surface area contributed by atoms with Crippen molar-refractivity contribution in [1.29, 1.82) is 0 Å². The van der Waals surface area contributed by atoms with Crippen molar-refractivity contribution in [3.05, 3.63) is 65.9 Å². The fourth-order valence-corrected chi connectivity index (χ4v) is 4.29. The summed E-state index contributed by atoms with van der Waals surface area (Å²) >= 11 is 0. The average Bonchev–Trinajstić information content (AvgIpc) is 3.19. The van der Waals surface area contributed by atoms with Crippen LogP contribution in [0.4, 0.5) is 0 Å². The van der Waals surface area contributed by atoms with Crippen LogP contribution in [0.1, 0.15) is 29.3 Å². The molecule has 1 fully saturated rings. The van der Waals surface area contributed by atoms with Crippen molar-refractivity contribution in [2.75, 3.05) is 27.2 Å². The zero-order valence-corrected chi connectivity index (χ0v) is 15.8. The lowest BCUT2D eigenvalue weighted by Crippen LogP contribution is -2.30. The SMILES string of the molecule is Cc1ccc2ncc(CN(C)C[C@@H]3CCN(C)[C@H]3c3cccnc3)n2c1. The molecule has 1 aliphatic heterocycles. The lowest BCUT2D eigenvalue weighted by atomic mass is 9.94. The van der Waals surface area contributed by atoms with E-state index in [2.05, 4.69) is 69.6 Å². The van der Waals surface area contributed by atoms with Gasteiger partial charge in [0.2, 0.25) is 0 Å². The highest BCUT2D eigenvalue weighted by Crippen LogP contribution is 2.36. The molecule has 0 bridgehead atoms. The quantitative estimate of drug-likeness (QED) is 0.709. The molecule has 0 saturated carbocycles. The molecule has 4 rings (SSSR count). The molecule has 4 heterocycles. The molecule has 26 heavy (non-hydrogen) atoms. The summed E-state index contributed by atoms with van der Waals surface area (Å²) in [5.74, 6) is 0.620. The molecule has 1 saturated heterocycles. The summed E-state index contributed by atoms with van der Waals surface area (Å²) < 4.78 is 2.21. The molecule has 1 aliphatic rings. The van der Waals surface area contributed by atoms with E-state index >= 15 is 0 Å². The fraction of sp³-hybridized carbons (Fsp3) is 0.429. The van der Waals surface area contributed by atoms with Crippen LogP contribution in [0.25, 0.3) is 5.65 Å². The number of imidazole rings is 1. The molecule has 3 aromatic heterocycles. The molecule has 0 N–H and O–H groups in total. The Morgan fingerprint density at radius 3 is 2.92 bits per heavy atom. The van der Waals surface area contributed by atoms with Gasteiger partial charge in [-0.2, -0.15) is 0 Å². The van der Waals surface area contributed by atoms with E-state index in [4.69, 9.17) is 0 Å². The normalized spacial score (nSPS) is 21.1. The van der Waals surface area contributed by atoms with Crippen molar-refractivity contribution in [2.45, 2.75) is 25.9 Å². The molecule has 0 aromatic carbocycles. The maximum atomic E-state index is 4.54. The number of hydrogen-bond acceptors (Lipinski definition) is 4. The van der Waals surface area contributed by atoms with E-state index in [1.165, 1.54) is 23.2 Å². The molecule has 0 radical (unpaired) electrons. The summed E-state index contributed by atoms with van der Waals surface area (Å²) in [4.78, 5) is 13.8. The summed E-state index contributed by atoms with van der Waals surface area (Å²) in [7, 11) is 4.44. The Labute approximate surface area is 155 Å². The van der Waals surface area contributed by atoms with Crippen molar-refractivity contribution in [1.82, 2.24) is 24.2 Å². The summed E-state index contributed by atoms with van der Waals surface area (Å²) in [6.45, 7) is 5.25. The smallest absolute Gasteiger partial charge is 0.136 e. The standard InChI is InChI=1S/C21H27N5/c1-16-6-7-20-23-12-19(26(20)13-16)15-24(2)14-18-8-10-25(3)21(18)17-5-4-9-22-11-17/h4-7,9,11-13,18,21H,8,10,14-15H2,1-3H3/t18-,21-/m0/s1. The third-order valence-corrected chi connectivity index (χ3v) is 5.51. The van der Waals surface area contributed by atoms with Gasteiger partial charge >= 0.3 is 0 Å². The molecule has 0 amide bonds. The van der Waals surface area contributed by atoms with E-state index in [-0.39, 0.29) is 0 Å². The topological polar surface area (TPSA) is 36.7 Å². The molecule has 5 nitrogen and oxygen atoms in total. The van der Waals surface area contributed by atoms with Crippen LogP contribution in [-0.4, -0.2) is 51.4 Å². The lowest BCUT2D eigenvalue weighted by molar-refractivity contribution is 0.212. The second-order valence-electron chi connectivity index (χ2n) is 7.64. The number of likely N-dealkylation sites (tertiary alicyclic amines) is 1. The second kappa shape index (κ2) is 7.17. The number of aryl methyl sites for hydroxylation is 1. The first-order chi connectivity index (χ1) is 12.6. The number of fused-ring (bicyclic) bond motifs is 1. The fourth-order valence-electron chi connectivity index (χ4n) is 4.29. The van der Waals surface area contributed by atoms with Gasteiger partial charge in [-0.25, -0.2) is 4.98 Å². The minimum absolute atomic E-state index is 0.454. The van der Waals surface area contributed by atoms with Gasteiger partial charge in [0, 0.05) is 37.7 Å². The maximum absolute atomic E-state index is 4.54. The second-order valence-corrected chi connectivity index (χ2v) is 7.64. The van der Waals surface area contributed by atoms with E-state index in [9.17, 15) is 0 Å². The van der Waals surface area contributed by atoms with Crippen LogP contribution in [-0.2, 0) is 6.54 Å². The zero-order valence-electron chi connectivity index (χ0n) is 15.8. The summed E-state index contributed by atoms with van der Waals surface area (Å²) in [5.41, 5.74) is 4.85. The zero-order chi connectivity index (χ0) is 18.1. The predicted molar refractivity (Wildman–Crippen MR) is 104 cm³/mol. The Balaban J connectivity index is 1.48. The van der Waals surface area contributed by atoms with Crippen LogP contribution in [0.2, 0.25) is 0 Å². The summed E-state index contributed by atoms with van der Waals surface area (Å²) in [6.07, 6.45) is 9.28. The first-order valence-electron chi connectivity index (χ1n) is 9.33.